The fourth-order valence-electron chi connectivity index (χ4n) is 7.15. The molecule has 0 saturated heterocycles. The quantitative estimate of drug-likeness (QED) is 0.698. The van der Waals surface area contributed by atoms with Crippen molar-refractivity contribution in [3.63, 3.8) is 0 Å². The summed E-state index contributed by atoms with van der Waals surface area (Å²) in [5.41, 5.74) is 0.198. The molecule has 0 heterocycles. The van der Waals surface area contributed by atoms with Crippen molar-refractivity contribution in [2.75, 3.05) is 0 Å². The molecule has 0 aromatic rings. The number of carbonyl (C=O) groups excluding carboxylic acids is 2. The fraction of sp³-hybridized carbons (Fsp3) is 0.800. The molecule has 126 valence electrons. The molecule has 0 aromatic carbocycles. The van der Waals surface area contributed by atoms with Gasteiger partial charge in [-0.25, -0.2) is 0 Å². The lowest BCUT2D eigenvalue weighted by Gasteiger charge is -2.67. The number of fused-ring (bicyclic) bond motifs is 3. The van der Waals surface area contributed by atoms with Crippen LogP contribution in [0.4, 0.5) is 0 Å². The van der Waals surface area contributed by atoms with Gasteiger partial charge in [0.25, 0.3) is 0 Å². The number of ketones is 2. The Balaban J connectivity index is 1.85. The van der Waals surface area contributed by atoms with E-state index < -0.39 is 11.5 Å². The van der Waals surface area contributed by atoms with Gasteiger partial charge >= 0.3 is 0 Å². The van der Waals surface area contributed by atoms with E-state index in [9.17, 15) is 14.7 Å². The van der Waals surface area contributed by atoms with Crippen LogP contribution in [0.3, 0.4) is 0 Å². The topological polar surface area (TPSA) is 54.4 Å². The van der Waals surface area contributed by atoms with Gasteiger partial charge in [0.1, 0.15) is 11.6 Å². The summed E-state index contributed by atoms with van der Waals surface area (Å²) in [7, 11) is 0. The maximum atomic E-state index is 12.9. The summed E-state index contributed by atoms with van der Waals surface area (Å²) in [6, 6.07) is 0. The molecular formula is C20H28O3. The molecule has 0 amide bonds. The van der Waals surface area contributed by atoms with Gasteiger partial charge in [0, 0.05) is 35.5 Å². The lowest BCUT2D eigenvalue weighted by molar-refractivity contribution is -0.209. The number of carbonyl (C=O) groups is 2. The van der Waals surface area contributed by atoms with E-state index >= 15 is 0 Å². The molecule has 5 aliphatic carbocycles. The minimum atomic E-state index is -0.467. The van der Waals surface area contributed by atoms with E-state index in [-0.39, 0.29) is 28.6 Å². The first-order valence-corrected chi connectivity index (χ1v) is 9.07. The van der Waals surface area contributed by atoms with E-state index in [0.29, 0.717) is 24.4 Å². The van der Waals surface area contributed by atoms with Crippen LogP contribution in [0.2, 0.25) is 0 Å². The van der Waals surface area contributed by atoms with Crippen molar-refractivity contribution in [1.29, 1.82) is 0 Å². The van der Waals surface area contributed by atoms with Crippen LogP contribution in [-0.4, -0.2) is 22.8 Å². The molecule has 3 heteroatoms. The van der Waals surface area contributed by atoms with E-state index in [1.165, 1.54) is 0 Å². The van der Waals surface area contributed by atoms with Crippen LogP contribution in [0.1, 0.15) is 59.3 Å². The van der Waals surface area contributed by atoms with Crippen LogP contribution in [0, 0.1) is 34.0 Å². The van der Waals surface area contributed by atoms with Crippen LogP contribution < -0.4 is 0 Å². The van der Waals surface area contributed by atoms with Gasteiger partial charge in [-0.2, -0.15) is 0 Å². The molecule has 5 fully saturated rings. The summed E-state index contributed by atoms with van der Waals surface area (Å²) in [5.74, 6) is 0.896. The number of aliphatic hydroxyl groups excluding tert-OH is 1. The van der Waals surface area contributed by atoms with E-state index in [4.69, 9.17) is 0 Å². The minimum absolute atomic E-state index is 0.00197. The minimum Gasteiger partial charge on any atom is -0.392 e. The van der Waals surface area contributed by atoms with Gasteiger partial charge in [0.05, 0.1) is 6.10 Å². The molecule has 6 atom stereocenters. The second kappa shape index (κ2) is 4.36. The van der Waals surface area contributed by atoms with Crippen molar-refractivity contribution >= 4 is 11.6 Å². The highest BCUT2D eigenvalue weighted by Gasteiger charge is 2.69. The third kappa shape index (κ3) is 1.65. The Bertz CT molecular complexity index is 618. The van der Waals surface area contributed by atoms with E-state index in [1.807, 2.05) is 0 Å². The molecule has 6 unspecified atom stereocenters. The summed E-state index contributed by atoms with van der Waals surface area (Å²) in [5, 5.41) is 11.1. The first kappa shape index (κ1) is 15.6. The summed E-state index contributed by atoms with van der Waals surface area (Å²) >= 11 is 0. The highest BCUT2D eigenvalue weighted by molar-refractivity contribution is 5.90. The Morgan fingerprint density at radius 1 is 1.13 bits per heavy atom. The van der Waals surface area contributed by atoms with Crippen LogP contribution in [-0.2, 0) is 9.59 Å². The van der Waals surface area contributed by atoms with Crippen molar-refractivity contribution in [2.24, 2.45) is 34.0 Å². The van der Waals surface area contributed by atoms with Crippen LogP contribution in [0.25, 0.3) is 0 Å². The monoisotopic (exact) mass is 316 g/mol. The second-order valence-corrected chi connectivity index (χ2v) is 9.44. The molecule has 0 radical (unpaired) electrons. The van der Waals surface area contributed by atoms with E-state index in [0.717, 1.165) is 31.3 Å². The van der Waals surface area contributed by atoms with Gasteiger partial charge in [-0.15, -0.1) is 0 Å². The number of hydrogen-bond acceptors (Lipinski definition) is 3. The Morgan fingerprint density at radius 2 is 1.83 bits per heavy atom. The average molecular weight is 316 g/mol. The maximum Gasteiger partial charge on any atom is 0.140 e. The van der Waals surface area contributed by atoms with Gasteiger partial charge in [-0.05, 0) is 37.0 Å². The molecule has 5 saturated carbocycles. The highest BCUT2D eigenvalue weighted by atomic mass is 16.3. The van der Waals surface area contributed by atoms with Gasteiger partial charge in [0.2, 0.25) is 0 Å². The Kier molecular flexibility index (Phi) is 2.95. The zero-order chi connectivity index (χ0) is 16.8. The molecule has 2 bridgehead atoms. The molecule has 23 heavy (non-hydrogen) atoms. The van der Waals surface area contributed by atoms with Crippen molar-refractivity contribution in [1.82, 2.24) is 0 Å². The zero-order valence-electron chi connectivity index (χ0n) is 14.5. The standard InChI is InChI=1S/C20H28O3/c1-11-10-20-8-5-13-18(2,3)14(21)6-7-19(13,4)17(20)16(23)12(11)9-15(20)22/h12-13,16-17,23H,1,5-10H2,2-4H3. The van der Waals surface area contributed by atoms with Crippen molar-refractivity contribution in [2.45, 2.75) is 65.4 Å². The Hall–Kier alpha value is -0.960. The maximum absolute atomic E-state index is 12.9. The fourth-order valence-corrected chi connectivity index (χ4v) is 7.15. The van der Waals surface area contributed by atoms with Gasteiger partial charge < -0.3 is 5.11 Å². The van der Waals surface area contributed by atoms with Crippen LogP contribution in [0.15, 0.2) is 12.2 Å². The predicted octanol–water partition coefficient (Wildman–Crippen LogP) is 3.30. The Morgan fingerprint density at radius 3 is 2.52 bits per heavy atom. The van der Waals surface area contributed by atoms with Crippen molar-refractivity contribution in [3.8, 4) is 0 Å². The van der Waals surface area contributed by atoms with E-state index in [2.05, 4.69) is 27.4 Å². The molecule has 1 N–H and O–H groups in total. The normalized spacial score (nSPS) is 51.4. The summed E-state index contributed by atoms with van der Waals surface area (Å²) in [4.78, 5) is 25.4. The molecule has 0 aromatic heterocycles. The largest absolute Gasteiger partial charge is 0.392 e. The first-order valence-electron chi connectivity index (χ1n) is 9.07. The summed E-state index contributed by atoms with van der Waals surface area (Å²) in [6.07, 6.45) is 3.90. The highest BCUT2D eigenvalue weighted by Crippen LogP contribution is 2.70. The lowest BCUT2D eigenvalue weighted by atomic mass is 9.36. The smallest absolute Gasteiger partial charge is 0.140 e. The third-order valence-electron chi connectivity index (χ3n) is 8.24. The van der Waals surface area contributed by atoms with Crippen LogP contribution in [0.5, 0.6) is 0 Å². The third-order valence-corrected chi connectivity index (χ3v) is 8.24. The molecule has 0 aliphatic heterocycles. The molecule has 1 spiro atoms. The Labute approximate surface area is 138 Å². The number of Topliss-reactive ketones (excluding diaryl/α,β-unsaturated/α-hetero) is 2. The first-order chi connectivity index (χ1) is 10.6. The number of aliphatic hydroxyl groups is 1. The summed E-state index contributed by atoms with van der Waals surface area (Å²) < 4.78 is 0. The van der Waals surface area contributed by atoms with Crippen molar-refractivity contribution < 1.29 is 14.7 Å². The van der Waals surface area contributed by atoms with Crippen molar-refractivity contribution in [3.05, 3.63) is 12.2 Å². The van der Waals surface area contributed by atoms with E-state index in [1.54, 1.807) is 0 Å². The molecule has 5 aliphatic rings. The average Bonchev–Trinajstić information content (AvgIpc) is 2.45. The SMILES string of the molecule is C=C1CC23CCC4C(C)(C)C(=O)CCC4(C)C2C(O)C1CC3=O. The molecule has 3 nitrogen and oxygen atoms in total. The van der Waals surface area contributed by atoms with Crippen LogP contribution >= 0.6 is 0 Å². The lowest BCUT2D eigenvalue weighted by Crippen LogP contribution is -2.68. The molecule has 5 rings (SSSR count). The zero-order valence-corrected chi connectivity index (χ0v) is 14.5. The predicted molar refractivity (Wildman–Crippen MR) is 87.7 cm³/mol. The molecular weight excluding hydrogens is 288 g/mol. The van der Waals surface area contributed by atoms with Gasteiger partial charge in [-0.1, -0.05) is 32.9 Å². The number of hydrogen-bond donors (Lipinski definition) is 1. The number of rotatable bonds is 0. The van der Waals surface area contributed by atoms with Gasteiger partial charge in [0.15, 0.2) is 0 Å². The second-order valence-electron chi connectivity index (χ2n) is 9.44. The van der Waals surface area contributed by atoms with Gasteiger partial charge in [-0.3, -0.25) is 9.59 Å². The summed E-state index contributed by atoms with van der Waals surface area (Å²) in [6.45, 7) is 10.6.